The summed E-state index contributed by atoms with van der Waals surface area (Å²) in [7, 11) is 0. The Kier molecular flexibility index (Phi) is 3.77. The Bertz CT molecular complexity index is 431. The van der Waals surface area contributed by atoms with E-state index in [1.165, 1.54) is 0 Å². The van der Waals surface area contributed by atoms with Gasteiger partial charge >= 0.3 is 11.9 Å². The molecule has 0 saturated heterocycles. The van der Waals surface area contributed by atoms with Crippen LogP contribution in [0.4, 0.5) is 0 Å². The Labute approximate surface area is 97.2 Å². The third kappa shape index (κ3) is 2.41. The second-order valence-electron chi connectivity index (χ2n) is 3.68. The third-order valence-corrected chi connectivity index (χ3v) is 2.34. The molecule has 0 bridgehead atoms. The average Bonchev–Trinajstić information content (AvgIpc) is 2.15. The zero-order chi connectivity index (χ0) is 13.2. The van der Waals surface area contributed by atoms with Crippen molar-refractivity contribution in [2.24, 2.45) is 5.92 Å². The van der Waals surface area contributed by atoms with Gasteiger partial charge in [0.2, 0.25) is 0 Å². The minimum atomic E-state index is -1.64. The largest absolute Gasteiger partial charge is 0.477 e. The van der Waals surface area contributed by atoms with Gasteiger partial charge in [-0.3, -0.25) is 14.4 Å². The van der Waals surface area contributed by atoms with Gasteiger partial charge in [-0.25, -0.2) is 4.79 Å². The molecule has 0 aliphatic carbocycles. The maximum Gasteiger partial charge on any atom is 0.342 e. The summed E-state index contributed by atoms with van der Waals surface area (Å²) in [6, 6.07) is 0. The van der Waals surface area contributed by atoms with Crippen LogP contribution in [0.15, 0.2) is 11.3 Å². The molecule has 0 fully saturated rings. The molecule has 0 aromatic carbocycles. The number of carbonyl (C=O) groups is 4. The van der Waals surface area contributed by atoms with Crippen LogP contribution in [-0.4, -0.2) is 28.6 Å². The molecule has 92 valence electrons. The first-order valence-electron chi connectivity index (χ1n) is 5.13. The zero-order valence-electron chi connectivity index (χ0n) is 9.48. The van der Waals surface area contributed by atoms with Gasteiger partial charge in [-0.15, -0.1) is 0 Å². The Morgan fingerprint density at radius 3 is 2.35 bits per heavy atom. The van der Waals surface area contributed by atoms with Gasteiger partial charge in [0.1, 0.15) is 11.3 Å². The van der Waals surface area contributed by atoms with Gasteiger partial charge in [-0.2, -0.15) is 0 Å². The number of rotatable bonds is 4. The molecule has 0 aromatic heterocycles. The minimum Gasteiger partial charge on any atom is -0.477 e. The number of hydrogen-bond acceptors (Lipinski definition) is 5. The number of ketones is 2. The lowest BCUT2D eigenvalue weighted by molar-refractivity contribution is -0.154. The number of Topliss-reactive ketones (excluding diaryl/α,β-unsaturated/α-hetero) is 2. The fourth-order valence-corrected chi connectivity index (χ4v) is 1.60. The Balaban J connectivity index is 3.26. The molecule has 17 heavy (non-hydrogen) atoms. The number of carboxylic acids is 1. The van der Waals surface area contributed by atoms with Gasteiger partial charge in [0.15, 0.2) is 17.5 Å². The standard InChI is InChI=1S/C11H12O6/c1-3-4-6-8(10(14)15)9(13)7(5(2)12)11(16)17-6/h7H,3-4H2,1-2H3,(H,14,15). The fraction of sp³-hybridized carbons (Fsp3) is 0.455. The van der Waals surface area contributed by atoms with Crippen LogP contribution in [0.5, 0.6) is 0 Å². The van der Waals surface area contributed by atoms with E-state index in [2.05, 4.69) is 0 Å². The summed E-state index contributed by atoms with van der Waals surface area (Å²) in [5.74, 6) is -5.96. The number of aliphatic carboxylic acids is 1. The van der Waals surface area contributed by atoms with Crippen molar-refractivity contribution in [3.8, 4) is 0 Å². The van der Waals surface area contributed by atoms with Gasteiger partial charge in [-0.05, 0) is 13.3 Å². The number of cyclic esters (lactones) is 1. The first kappa shape index (κ1) is 13.1. The van der Waals surface area contributed by atoms with Gasteiger partial charge < -0.3 is 9.84 Å². The van der Waals surface area contributed by atoms with E-state index in [1.54, 1.807) is 6.92 Å². The SMILES string of the molecule is CCCC1=C(C(=O)O)C(=O)C(C(C)=O)C(=O)O1. The second-order valence-corrected chi connectivity index (χ2v) is 3.68. The van der Waals surface area contributed by atoms with E-state index in [9.17, 15) is 19.2 Å². The van der Waals surface area contributed by atoms with E-state index < -0.39 is 35.0 Å². The van der Waals surface area contributed by atoms with E-state index in [4.69, 9.17) is 9.84 Å². The Hall–Kier alpha value is -1.98. The highest BCUT2D eigenvalue weighted by Gasteiger charge is 2.43. The topological polar surface area (TPSA) is 97.7 Å². The number of ether oxygens (including phenoxy) is 1. The van der Waals surface area contributed by atoms with Gasteiger partial charge in [0.05, 0.1) is 0 Å². The number of hydrogen-bond donors (Lipinski definition) is 1. The van der Waals surface area contributed by atoms with Crippen LogP contribution in [0.25, 0.3) is 0 Å². The van der Waals surface area contributed by atoms with Crippen LogP contribution < -0.4 is 0 Å². The van der Waals surface area contributed by atoms with E-state index in [-0.39, 0.29) is 12.2 Å². The lowest BCUT2D eigenvalue weighted by Gasteiger charge is -2.21. The highest BCUT2D eigenvalue weighted by Crippen LogP contribution is 2.25. The van der Waals surface area contributed by atoms with Crippen LogP contribution >= 0.6 is 0 Å². The molecule has 1 heterocycles. The molecule has 1 unspecified atom stereocenters. The summed E-state index contributed by atoms with van der Waals surface area (Å²) in [6.45, 7) is 2.80. The molecule has 0 saturated carbocycles. The number of allylic oxidation sites excluding steroid dienone is 1. The molecule has 1 rings (SSSR count). The summed E-state index contributed by atoms with van der Waals surface area (Å²) >= 11 is 0. The van der Waals surface area contributed by atoms with E-state index in [0.29, 0.717) is 6.42 Å². The fourth-order valence-electron chi connectivity index (χ4n) is 1.60. The molecule has 1 atom stereocenters. The number of carbonyl (C=O) groups excluding carboxylic acids is 3. The van der Waals surface area contributed by atoms with Crippen molar-refractivity contribution in [3.05, 3.63) is 11.3 Å². The van der Waals surface area contributed by atoms with Crippen molar-refractivity contribution < 1.29 is 29.0 Å². The highest BCUT2D eigenvalue weighted by atomic mass is 16.5. The number of esters is 1. The van der Waals surface area contributed by atoms with Crippen LogP contribution in [0.2, 0.25) is 0 Å². The van der Waals surface area contributed by atoms with Crippen molar-refractivity contribution in [2.75, 3.05) is 0 Å². The Morgan fingerprint density at radius 1 is 1.35 bits per heavy atom. The van der Waals surface area contributed by atoms with E-state index in [1.807, 2.05) is 0 Å². The molecule has 0 spiro atoms. The molecule has 1 N–H and O–H groups in total. The molecule has 6 heteroatoms. The van der Waals surface area contributed by atoms with E-state index >= 15 is 0 Å². The molecular weight excluding hydrogens is 228 g/mol. The van der Waals surface area contributed by atoms with Crippen molar-refractivity contribution in [1.29, 1.82) is 0 Å². The first-order valence-corrected chi connectivity index (χ1v) is 5.13. The highest BCUT2D eigenvalue weighted by molar-refractivity contribution is 6.31. The van der Waals surface area contributed by atoms with Gasteiger partial charge in [0, 0.05) is 6.42 Å². The van der Waals surface area contributed by atoms with Crippen molar-refractivity contribution >= 4 is 23.5 Å². The number of carboxylic acid groups (broad SMARTS) is 1. The van der Waals surface area contributed by atoms with Crippen LogP contribution in [0.3, 0.4) is 0 Å². The maximum atomic E-state index is 11.7. The van der Waals surface area contributed by atoms with Crippen molar-refractivity contribution in [2.45, 2.75) is 26.7 Å². The summed E-state index contributed by atoms with van der Waals surface area (Å²) in [6.07, 6.45) is 0.696. The second kappa shape index (κ2) is 4.90. The molecular formula is C11H12O6. The predicted octanol–water partition coefficient (Wildman–Crippen LogP) is 0.456. The molecule has 1 aliphatic rings. The normalized spacial score (nSPS) is 20.2. The third-order valence-electron chi connectivity index (χ3n) is 2.34. The lowest BCUT2D eigenvalue weighted by Crippen LogP contribution is -2.39. The molecule has 0 aromatic rings. The first-order chi connectivity index (χ1) is 7.90. The van der Waals surface area contributed by atoms with Gasteiger partial charge in [-0.1, -0.05) is 6.92 Å². The molecule has 1 aliphatic heterocycles. The smallest absolute Gasteiger partial charge is 0.342 e. The molecule has 0 amide bonds. The summed E-state index contributed by atoms with van der Waals surface area (Å²) in [4.78, 5) is 45.2. The van der Waals surface area contributed by atoms with Crippen LogP contribution in [0, 0.1) is 5.92 Å². The average molecular weight is 240 g/mol. The quantitative estimate of drug-likeness (QED) is 0.435. The summed E-state index contributed by atoms with van der Waals surface area (Å²) in [5.41, 5.74) is -0.591. The van der Waals surface area contributed by atoms with Crippen molar-refractivity contribution in [1.82, 2.24) is 0 Å². The summed E-state index contributed by atoms with van der Waals surface area (Å²) < 4.78 is 4.76. The summed E-state index contributed by atoms with van der Waals surface area (Å²) in [5, 5.41) is 8.91. The minimum absolute atomic E-state index is 0.160. The molecule has 0 radical (unpaired) electrons. The van der Waals surface area contributed by atoms with E-state index in [0.717, 1.165) is 6.92 Å². The molecule has 6 nitrogen and oxygen atoms in total. The van der Waals surface area contributed by atoms with Crippen LogP contribution in [-0.2, 0) is 23.9 Å². The van der Waals surface area contributed by atoms with Crippen LogP contribution in [0.1, 0.15) is 26.7 Å². The zero-order valence-corrected chi connectivity index (χ0v) is 9.48. The van der Waals surface area contributed by atoms with Gasteiger partial charge in [0.25, 0.3) is 0 Å². The Morgan fingerprint density at radius 2 is 1.94 bits per heavy atom. The van der Waals surface area contributed by atoms with Crippen molar-refractivity contribution in [3.63, 3.8) is 0 Å². The monoisotopic (exact) mass is 240 g/mol. The maximum absolute atomic E-state index is 11.7. The predicted molar refractivity (Wildman–Crippen MR) is 54.8 cm³/mol. The lowest BCUT2D eigenvalue weighted by atomic mass is 9.90.